The van der Waals surface area contributed by atoms with E-state index < -0.39 is 5.91 Å². The fourth-order valence-corrected chi connectivity index (χ4v) is 4.21. The van der Waals surface area contributed by atoms with Gasteiger partial charge < -0.3 is 21.1 Å². The van der Waals surface area contributed by atoms with Crippen LogP contribution in [0.1, 0.15) is 29.9 Å². The van der Waals surface area contributed by atoms with E-state index >= 15 is 0 Å². The Morgan fingerprint density at radius 2 is 2.04 bits per heavy atom. The number of anilines is 3. The minimum absolute atomic E-state index is 0.168. The Balaban J connectivity index is 1.87. The van der Waals surface area contributed by atoms with E-state index in [4.69, 9.17) is 10.5 Å². The molecule has 0 aliphatic carbocycles. The molecule has 0 fully saturated rings. The molecule has 0 aliphatic heterocycles. The number of thiazole rings is 2. The molecular formula is C18H19N5O3S2. The summed E-state index contributed by atoms with van der Waals surface area (Å²) < 4.78 is 5.61. The molecule has 0 saturated heterocycles. The number of aromatic nitrogens is 2. The highest BCUT2D eigenvalue weighted by Gasteiger charge is 2.15. The van der Waals surface area contributed by atoms with Crippen molar-refractivity contribution in [3.8, 4) is 16.3 Å². The van der Waals surface area contributed by atoms with Gasteiger partial charge in [-0.25, -0.2) is 9.97 Å². The third kappa shape index (κ3) is 4.46. The number of nitrogens with one attached hydrogen (secondary N) is 2. The van der Waals surface area contributed by atoms with Gasteiger partial charge in [-0.2, -0.15) is 0 Å². The Labute approximate surface area is 169 Å². The predicted octanol–water partition coefficient (Wildman–Crippen LogP) is 3.77. The molecule has 3 aromatic rings. The lowest BCUT2D eigenvalue weighted by Gasteiger charge is -2.11. The number of aryl methyl sites for hydroxylation is 1. The summed E-state index contributed by atoms with van der Waals surface area (Å²) in [6, 6.07) is 4.96. The summed E-state index contributed by atoms with van der Waals surface area (Å²) in [6.07, 6.45) is 0. The van der Waals surface area contributed by atoms with E-state index in [0.717, 1.165) is 16.3 Å². The minimum atomic E-state index is -0.517. The van der Waals surface area contributed by atoms with E-state index in [1.807, 2.05) is 19.2 Å². The van der Waals surface area contributed by atoms with Gasteiger partial charge in [0.1, 0.15) is 5.75 Å². The zero-order valence-corrected chi connectivity index (χ0v) is 17.2. The number of carbonyl (C=O) groups is 2. The average Bonchev–Trinajstić information content (AvgIpc) is 3.22. The number of carbonyl (C=O) groups excluding carboxylic acids is 2. The SMILES string of the molecule is CCOc1ccc(C(N)=O)cc1Nc1nc(-c2sc(NC(C)=O)nc2C)cs1. The maximum Gasteiger partial charge on any atom is 0.248 e. The molecule has 2 heterocycles. The van der Waals surface area contributed by atoms with Crippen LogP contribution in [0.3, 0.4) is 0 Å². The van der Waals surface area contributed by atoms with Crippen LogP contribution >= 0.6 is 22.7 Å². The minimum Gasteiger partial charge on any atom is -0.492 e. The summed E-state index contributed by atoms with van der Waals surface area (Å²) in [4.78, 5) is 32.5. The van der Waals surface area contributed by atoms with Crippen molar-refractivity contribution >= 4 is 50.4 Å². The highest BCUT2D eigenvalue weighted by Crippen LogP contribution is 2.36. The fourth-order valence-electron chi connectivity index (χ4n) is 2.45. The number of nitrogens with two attached hydrogens (primary N) is 1. The first kappa shape index (κ1) is 19.8. The number of primary amides is 1. The lowest BCUT2D eigenvalue weighted by atomic mass is 10.2. The van der Waals surface area contributed by atoms with Crippen molar-refractivity contribution in [2.24, 2.45) is 5.73 Å². The number of nitrogens with zero attached hydrogens (tertiary/aromatic N) is 2. The standard InChI is InChI=1S/C18H19N5O3S2/c1-4-26-14-6-5-11(16(19)25)7-12(14)22-17-23-13(8-27-17)15-9(2)20-18(28-15)21-10(3)24/h5-8H,4H2,1-3H3,(H2,19,25)(H,22,23)(H,20,21,24). The molecule has 0 saturated carbocycles. The molecule has 3 rings (SSSR count). The van der Waals surface area contributed by atoms with Crippen LogP contribution in [-0.4, -0.2) is 28.4 Å². The van der Waals surface area contributed by atoms with Gasteiger partial charge in [0.05, 0.1) is 28.6 Å². The second-order valence-corrected chi connectivity index (χ2v) is 7.64. The second kappa shape index (κ2) is 8.36. The van der Waals surface area contributed by atoms with Crippen LogP contribution in [-0.2, 0) is 4.79 Å². The molecule has 2 aromatic heterocycles. The molecule has 8 nitrogen and oxygen atoms in total. The first-order valence-electron chi connectivity index (χ1n) is 8.42. The summed E-state index contributed by atoms with van der Waals surface area (Å²) >= 11 is 2.78. The van der Waals surface area contributed by atoms with Crippen LogP contribution in [0.2, 0.25) is 0 Å². The summed E-state index contributed by atoms with van der Waals surface area (Å²) in [7, 11) is 0. The van der Waals surface area contributed by atoms with Gasteiger partial charge in [-0.3, -0.25) is 9.59 Å². The molecule has 0 bridgehead atoms. The van der Waals surface area contributed by atoms with E-state index in [1.165, 1.54) is 29.6 Å². The Morgan fingerprint density at radius 1 is 1.25 bits per heavy atom. The molecule has 4 N–H and O–H groups in total. The maximum atomic E-state index is 11.5. The van der Waals surface area contributed by atoms with Crippen molar-refractivity contribution in [2.45, 2.75) is 20.8 Å². The Hall–Kier alpha value is -2.98. The number of rotatable bonds is 7. The number of ether oxygens (including phenoxy) is 1. The van der Waals surface area contributed by atoms with Gasteiger partial charge in [0.2, 0.25) is 11.8 Å². The van der Waals surface area contributed by atoms with Crippen LogP contribution in [0.15, 0.2) is 23.6 Å². The number of benzene rings is 1. The summed E-state index contributed by atoms with van der Waals surface area (Å²) in [5, 5.41) is 8.95. The van der Waals surface area contributed by atoms with Gasteiger partial charge in [0.25, 0.3) is 0 Å². The molecule has 28 heavy (non-hydrogen) atoms. The molecule has 10 heteroatoms. The molecule has 1 aromatic carbocycles. The van der Waals surface area contributed by atoms with Gasteiger partial charge in [0, 0.05) is 17.9 Å². The van der Waals surface area contributed by atoms with E-state index in [2.05, 4.69) is 20.6 Å². The van der Waals surface area contributed by atoms with Crippen molar-refractivity contribution in [3.05, 3.63) is 34.8 Å². The maximum absolute atomic E-state index is 11.5. The monoisotopic (exact) mass is 417 g/mol. The highest BCUT2D eigenvalue weighted by molar-refractivity contribution is 7.20. The second-order valence-electron chi connectivity index (χ2n) is 5.79. The average molecular weight is 418 g/mol. The molecule has 146 valence electrons. The predicted molar refractivity (Wildman–Crippen MR) is 112 cm³/mol. The number of hydrogen-bond donors (Lipinski definition) is 3. The Bertz CT molecular complexity index is 1030. The fraction of sp³-hybridized carbons (Fsp3) is 0.222. The van der Waals surface area contributed by atoms with Gasteiger partial charge in [0.15, 0.2) is 10.3 Å². The topological polar surface area (TPSA) is 119 Å². The quantitative estimate of drug-likeness (QED) is 0.538. The summed E-state index contributed by atoms with van der Waals surface area (Å²) in [6.45, 7) is 5.68. The first-order valence-corrected chi connectivity index (χ1v) is 10.1. The van der Waals surface area contributed by atoms with Crippen LogP contribution < -0.4 is 21.1 Å². The van der Waals surface area contributed by atoms with Gasteiger partial charge >= 0.3 is 0 Å². The third-order valence-electron chi connectivity index (χ3n) is 3.62. The van der Waals surface area contributed by atoms with Crippen molar-refractivity contribution < 1.29 is 14.3 Å². The number of amides is 2. The van der Waals surface area contributed by atoms with Crippen molar-refractivity contribution in [1.29, 1.82) is 0 Å². The van der Waals surface area contributed by atoms with Crippen molar-refractivity contribution in [2.75, 3.05) is 17.2 Å². The van der Waals surface area contributed by atoms with Gasteiger partial charge in [-0.15, -0.1) is 11.3 Å². The normalized spacial score (nSPS) is 10.5. The lowest BCUT2D eigenvalue weighted by Crippen LogP contribution is -2.11. The molecule has 2 amide bonds. The van der Waals surface area contributed by atoms with E-state index in [-0.39, 0.29) is 5.91 Å². The molecule has 0 atom stereocenters. The largest absolute Gasteiger partial charge is 0.492 e. The number of hydrogen-bond acceptors (Lipinski definition) is 8. The first-order chi connectivity index (χ1) is 13.4. The van der Waals surface area contributed by atoms with Crippen LogP contribution in [0.4, 0.5) is 16.0 Å². The highest BCUT2D eigenvalue weighted by atomic mass is 32.1. The van der Waals surface area contributed by atoms with Gasteiger partial charge in [-0.05, 0) is 32.0 Å². The molecule has 0 spiro atoms. The molecular weight excluding hydrogens is 398 g/mol. The van der Waals surface area contributed by atoms with Crippen LogP contribution in [0.25, 0.3) is 10.6 Å². The van der Waals surface area contributed by atoms with E-state index in [9.17, 15) is 9.59 Å². The summed E-state index contributed by atoms with van der Waals surface area (Å²) in [5.41, 5.74) is 7.90. The molecule has 0 unspecified atom stereocenters. The zero-order chi connectivity index (χ0) is 20.3. The lowest BCUT2D eigenvalue weighted by molar-refractivity contribution is -0.114. The van der Waals surface area contributed by atoms with Crippen molar-refractivity contribution in [1.82, 2.24) is 9.97 Å². The third-order valence-corrected chi connectivity index (χ3v) is 5.47. The molecule has 0 radical (unpaired) electrons. The smallest absolute Gasteiger partial charge is 0.248 e. The van der Waals surface area contributed by atoms with E-state index in [1.54, 1.807) is 18.2 Å². The van der Waals surface area contributed by atoms with Gasteiger partial charge in [-0.1, -0.05) is 11.3 Å². The zero-order valence-electron chi connectivity index (χ0n) is 15.5. The van der Waals surface area contributed by atoms with E-state index in [0.29, 0.717) is 33.9 Å². The Morgan fingerprint density at radius 3 is 2.71 bits per heavy atom. The summed E-state index contributed by atoms with van der Waals surface area (Å²) in [5.74, 6) is -0.0819. The van der Waals surface area contributed by atoms with Crippen LogP contribution in [0.5, 0.6) is 5.75 Å². The Kier molecular flexibility index (Phi) is 5.90. The van der Waals surface area contributed by atoms with Crippen molar-refractivity contribution in [3.63, 3.8) is 0 Å². The molecule has 0 aliphatic rings. The van der Waals surface area contributed by atoms with Crippen LogP contribution in [0, 0.1) is 6.92 Å².